The minimum absolute atomic E-state index is 0.104. The molecule has 1 aliphatic rings. The molecule has 1 aliphatic heterocycles. The fourth-order valence-corrected chi connectivity index (χ4v) is 2.81. The van der Waals surface area contributed by atoms with Crippen molar-refractivity contribution in [2.75, 3.05) is 11.5 Å². The number of rotatable bonds is 1. The summed E-state index contributed by atoms with van der Waals surface area (Å²) in [6.07, 6.45) is 2.54. The maximum absolute atomic E-state index is 8.89. The highest BCUT2D eigenvalue weighted by atomic mass is 32.2. The minimum atomic E-state index is -0.104. The van der Waals surface area contributed by atoms with Gasteiger partial charge in [-0.05, 0) is 44.1 Å². The van der Waals surface area contributed by atoms with Gasteiger partial charge in [-0.15, -0.1) is 0 Å². The van der Waals surface area contributed by atoms with Gasteiger partial charge in [0.25, 0.3) is 0 Å². The zero-order chi connectivity index (χ0) is 8.32. The second kappa shape index (κ2) is 3.49. The highest BCUT2D eigenvalue weighted by Gasteiger charge is 2.30. The van der Waals surface area contributed by atoms with Crippen molar-refractivity contribution in [2.24, 2.45) is 11.3 Å². The fourth-order valence-electron chi connectivity index (χ4n) is 1.40. The van der Waals surface area contributed by atoms with Crippen LogP contribution in [0.2, 0.25) is 0 Å². The molecule has 0 aromatic carbocycles. The lowest BCUT2D eigenvalue weighted by Gasteiger charge is -2.30. The summed E-state index contributed by atoms with van der Waals surface area (Å²) < 4.78 is 0. The third-order valence-corrected chi connectivity index (χ3v) is 3.68. The maximum atomic E-state index is 8.89. The van der Waals surface area contributed by atoms with Crippen LogP contribution in [0.25, 0.3) is 0 Å². The van der Waals surface area contributed by atoms with E-state index in [1.54, 1.807) is 0 Å². The van der Waals surface area contributed by atoms with E-state index in [9.17, 15) is 0 Å². The predicted octanol–water partition coefficient (Wildman–Crippen LogP) is 2.68. The standard InChI is InChI=1S/C9H15NS/c1-9(2,7-10)8-4-3-5-11-6-8/h8H,3-6H2,1-2H3. The third kappa shape index (κ3) is 2.13. The van der Waals surface area contributed by atoms with Crippen molar-refractivity contribution in [3.8, 4) is 6.07 Å². The Kier molecular flexibility index (Phi) is 2.84. The number of hydrogen-bond donors (Lipinski definition) is 0. The molecule has 0 aromatic rings. The molecule has 1 unspecified atom stereocenters. The predicted molar refractivity (Wildman–Crippen MR) is 49.4 cm³/mol. The molecule has 11 heavy (non-hydrogen) atoms. The molecule has 1 saturated heterocycles. The van der Waals surface area contributed by atoms with E-state index in [2.05, 4.69) is 19.9 Å². The van der Waals surface area contributed by atoms with Gasteiger partial charge in [-0.3, -0.25) is 0 Å². The summed E-state index contributed by atoms with van der Waals surface area (Å²) in [6.45, 7) is 4.12. The largest absolute Gasteiger partial charge is 0.198 e. The molecule has 1 heterocycles. The lowest BCUT2D eigenvalue weighted by atomic mass is 9.79. The summed E-state index contributed by atoms with van der Waals surface area (Å²) in [5.41, 5.74) is -0.104. The highest BCUT2D eigenvalue weighted by molar-refractivity contribution is 7.99. The van der Waals surface area contributed by atoms with Crippen LogP contribution >= 0.6 is 11.8 Å². The molecule has 1 atom stereocenters. The molecule has 1 nitrogen and oxygen atoms in total. The Balaban J connectivity index is 2.52. The molecule has 0 amide bonds. The molecular formula is C9H15NS. The van der Waals surface area contributed by atoms with Crippen LogP contribution in [0.15, 0.2) is 0 Å². The van der Waals surface area contributed by atoms with Crippen molar-refractivity contribution in [2.45, 2.75) is 26.7 Å². The van der Waals surface area contributed by atoms with Crippen molar-refractivity contribution in [1.82, 2.24) is 0 Å². The Hall–Kier alpha value is -0.160. The fraction of sp³-hybridized carbons (Fsp3) is 0.889. The number of hydrogen-bond acceptors (Lipinski definition) is 2. The van der Waals surface area contributed by atoms with Crippen LogP contribution in [0, 0.1) is 22.7 Å². The van der Waals surface area contributed by atoms with Crippen LogP contribution in [-0.2, 0) is 0 Å². The number of nitriles is 1. The molecule has 0 radical (unpaired) electrons. The van der Waals surface area contributed by atoms with Crippen LogP contribution in [-0.4, -0.2) is 11.5 Å². The van der Waals surface area contributed by atoms with Crippen LogP contribution in [0.5, 0.6) is 0 Å². The van der Waals surface area contributed by atoms with Gasteiger partial charge in [-0.1, -0.05) is 0 Å². The first-order chi connectivity index (χ1) is 5.17. The maximum Gasteiger partial charge on any atom is 0.0687 e. The molecular weight excluding hydrogens is 154 g/mol. The third-order valence-electron chi connectivity index (χ3n) is 2.47. The van der Waals surface area contributed by atoms with Gasteiger partial charge in [0.1, 0.15) is 0 Å². The van der Waals surface area contributed by atoms with Gasteiger partial charge in [0, 0.05) is 0 Å². The lowest BCUT2D eigenvalue weighted by Crippen LogP contribution is -2.26. The average Bonchev–Trinajstić information content (AvgIpc) is 2.06. The van der Waals surface area contributed by atoms with E-state index < -0.39 is 0 Å². The van der Waals surface area contributed by atoms with Crippen molar-refractivity contribution >= 4 is 11.8 Å². The Labute approximate surface area is 73.2 Å². The van der Waals surface area contributed by atoms with Gasteiger partial charge in [0.05, 0.1) is 11.5 Å². The monoisotopic (exact) mass is 169 g/mol. The van der Waals surface area contributed by atoms with Gasteiger partial charge in [-0.25, -0.2) is 0 Å². The number of nitrogens with zero attached hydrogens (tertiary/aromatic N) is 1. The van der Waals surface area contributed by atoms with Gasteiger partial charge in [0.2, 0.25) is 0 Å². The molecule has 62 valence electrons. The Morgan fingerprint density at radius 2 is 2.27 bits per heavy atom. The lowest BCUT2D eigenvalue weighted by molar-refractivity contribution is 0.299. The van der Waals surface area contributed by atoms with E-state index >= 15 is 0 Å². The van der Waals surface area contributed by atoms with Gasteiger partial charge < -0.3 is 0 Å². The van der Waals surface area contributed by atoms with Crippen LogP contribution in [0.3, 0.4) is 0 Å². The summed E-state index contributed by atoms with van der Waals surface area (Å²) in [7, 11) is 0. The summed E-state index contributed by atoms with van der Waals surface area (Å²) in [5.74, 6) is 3.09. The first-order valence-corrected chi connectivity index (χ1v) is 5.31. The van der Waals surface area contributed by atoms with E-state index in [1.165, 1.54) is 24.3 Å². The molecule has 0 bridgehead atoms. The van der Waals surface area contributed by atoms with Crippen LogP contribution in [0.1, 0.15) is 26.7 Å². The summed E-state index contributed by atoms with van der Waals surface area (Å²) in [4.78, 5) is 0. The first-order valence-electron chi connectivity index (χ1n) is 4.16. The van der Waals surface area contributed by atoms with E-state index in [-0.39, 0.29) is 5.41 Å². The van der Waals surface area contributed by atoms with Gasteiger partial charge in [-0.2, -0.15) is 17.0 Å². The van der Waals surface area contributed by atoms with Crippen LogP contribution in [0.4, 0.5) is 0 Å². The topological polar surface area (TPSA) is 23.8 Å². The summed E-state index contributed by atoms with van der Waals surface area (Å²) in [5, 5.41) is 8.89. The van der Waals surface area contributed by atoms with Gasteiger partial charge in [0.15, 0.2) is 0 Å². The molecule has 2 heteroatoms. The smallest absolute Gasteiger partial charge is 0.0687 e. The zero-order valence-electron chi connectivity index (χ0n) is 7.26. The van der Waals surface area contributed by atoms with Crippen molar-refractivity contribution in [1.29, 1.82) is 5.26 Å². The number of thioether (sulfide) groups is 1. The highest BCUT2D eigenvalue weighted by Crippen LogP contribution is 2.35. The first kappa shape index (κ1) is 8.93. The molecule has 0 saturated carbocycles. The molecule has 0 spiro atoms. The molecule has 0 aliphatic carbocycles. The van der Waals surface area contributed by atoms with E-state index in [1.807, 2.05) is 11.8 Å². The van der Waals surface area contributed by atoms with Crippen molar-refractivity contribution in [3.05, 3.63) is 0 Å². The second-order valence-electron chi connectivity index (χ2n) is 3.75. The van der Waals surface area contributed by atoms with Crippen LogP contribution < -0.4 is 0 Å². The van der Waals surface area contributed by atoms with E-state index in [0.29, 0.717) is 5.92 Å². The summed E-state index contributed by atoms with van der Waals surface area (Å²) >= 11 is 1.99. The normalized spacial score (nSPS) is 26.1. The van der Waals surface area contributed by atoms with Crippen molar-refractivity contribution in [3.63, 3.8) is 0 Å². The average molecular weight is 169 g/mol. The molecule has 1 fully saturated rings. The second-order valence-corrected chi connectivity index (χ2v) is 4.90. The van der Waals surface area contributed by atoms with E-state index in [0.717, 1.165) is 0 Å². The molecule has 1 rings (SSSR count). The Morgan fingerprint density at radius 1 is 1.55 bits per heavy atom. The minimum Gasteiger partial charge on any atom is -0.198 e. The summed E-state index contributed by atoms with van der Waals surface area (Å²) in [6, 6.07) is 2.40. The molecule has 0 N–H and O–H groups in total. The van der Waals surface area contributed by atoms with E-state index in [4.69, 9.17) is 5.26 Å². The van der Waals surface area contributed by atoms with Gasteiger partial charge >= 0.3 is 0 Å². The molecule has 0 aromatic heterocycles. The Morgan fingerprint density at radius 3 is 2.73 bits per heavy atom. The van der Waals surface area contributed by atoms with Crippen molar-refractivity contribution < 1.29 is 0 Å². The SMILES string of the molecule is CC(C)(C#N)C1CCCSC1. The Bertz CT molecular complexity index is 163. The quantitative estimate of drug-likeness (QED) is 0.602. The zero-order valence-corrected chi connectivity index (χ0v) is 8.08.